The molecule has 1 aromatic rings. The highest BCUT2D eigenvalue weighted by molar-refractivity contribution is 5.25. The first-order valence-corrected chi connectivity index (χ1v) is 19.0. The third kappa shape index (κ3) is 22.6. The van der Waals surface area contributed by atoms with Crippen molar-refractivity contribution in [2.24, 2.45) is 0 Å². The highest BCUT2D eigenvalue weighted by Crippen LogP contribution is 2.21. The topological polar surface area (TPSA) is 0 Å². The molecule has 0 aromatic heterocycles. The summed E-state index contributed by atoms with van der Waals surface area (Å²) in [5.74, 6) is 0. The van der Waals surface area contributed by atoms with Crippen LogP contribution in [0.2, 0.25) is 0 Å². The summed E-state index contributed by atoms with van der Waals surface area (Å²) in [6, 6.07) is 9.32. The van der Waals surface area contributed by atoms with Gasteiger partial charge in [-0.3, -0.25) is 0 Å². The van der Waals surface area contributed by atoms with Gasteiger partial charge in [-0.05, 0) is 25.7 Å². The number of quaternary nitrogens is 2. The van der Waals surface area contributed by atoms with Gasteiger partial charge in [0, 0.05) is 11.1 Å². The first-order chi connectivity index (χ1) is 20.3. The molecule has 0 saturated heterocycles. The second kappa shape index (κ2) is 25.5. The molecule has 0 aliphatic carbocycles. The Morgan fingerprint density at radius 1 is 0.357 bits per heavy atom. The molecule has 0 N–H and O–H groups in total. The number of unbranched alkanes of at least 4 members (excludes halogenated alkanes) is 22. The molecular weight excluding hydrogens is 508 g/mol. The van der Waals surface area contributed by atoms with E-state index in [0.29, 0.717) is 0 Å². The Morgan fingerprint density at radius 2 is 0.595 bits per heavy atom. The highest BCUT2D eigenvalue weighted by atomic mass is 15.3. The molecule has 0 spiro atoms. The average Bonchev–Trinajstić information content (AvgIpc) is 2.95. The average molecular weight is 587 g/mol. The molecule has 0 aliphatic rings. The van der Waals surface area contributed by atoms with Crippen LogP contribution in [0.4, 0.5) is 0 Å². The lowest BCUT2D eigenvalue weighted by Crippen LogP contribution is -2.42. The standard InChI is InChI=1S/C40H78N2/c1-7-9-11-13-15-17-19-21-23-25-27-31-35-41(3,4)37-39-33-29-30-34-40(39)38-42(5,6)36-32-28-26-24-22-20-18-16-14-12-10-8-2/h29-30,33-34H,7-28,31-32,35-38H2,1-6H3/q+2. The van der Waals surface area contributed by atoms with Crippen LogP contribution in [0.25, 0.3) is 0 Å². The van der Waals surface area contributed by atoms with E-state index < -0.39 is 0 Å². The maximum Gasteiger partial charge on any atom is 0.104 e. The molecule has 0 amide bonds. The second-order valence-electron chi connectivity index (χ2n) is 15.2. The summed E-state index contributed by atoms with van der Waals surface area (Å²) in [6.45, 7) is 9.52. The Hall–Kier alpha value is -0.860. The summed E-state index contributed by atoms with van der Waals surface area (Å²) >= 11 is 0. The van der Waals surface area contributed by atoms with Crippen molar-refractivity contribution in [3.8, 4) is 0 Å². The van der Waals surface area contributed by atoms with Gasteiger partial charge < -0.3 is 8.97 Å². The van der Waals surface area contributed by atoms with Gasteiger partial charge in [-0.15, -0.1) is 0 Å². The van der Waals surface area contributed by atoms with Crippen LogP contribution in [0, 0.1) is 0 Å². The molecule has 0 heterocycles. The minimum absolute atomic E-state index is 1.11. The van der Waals surface area contributed by atoms with Crippen LogP contribution in [0.15, 0.2) is 24.3 Å². The summed E-state index contributed by atoms with van der Waals surface area (Å²) in [5.41, 5.74) is 3.14. The zero-order valence-corrected chi connectivity index (χ0v) is 30.0. The monoisotopic (exact) mass is 587 g/mol. The minimum Gasteiger partial charge on any atom is -0.325 e. The summed E-state index contributed by atoms with van der Waals surface area (Å²) in [5, 5.41) is 0. The fourth-order valence-corrected chi connectivity index (χ4v) is 6.71. The van der Waals surface area contributed by atoms with Gasteiger partial charge in [0.15, 0.2) is 0 Å². The van der Waals surface area contributed by atoms with E-state index in [-0.39, 0.29) is 0 Å². The van der Waals surface area contributed by atoms with Crippen LogP contribution >= 0.6 is 0 Å². The summed E-state index contributed by atoms with van der Waals surface area (Å²) in [7, 11) is 9.78. The lowest BCUT2D eigenvalue weighted by molar-refractivity contribution is -0.907. The number of rotatable bonds is 30. The lowest BCUT2D eigenvalue weighted by Gasteiger charge is -2.33. The van der Waals surface area contributed by atoms with Gasteiger partial charge in [-0.2, -0.15) is 0 Å². The molecule has 0 atom stereocenters. The summed E-state index contributed by atoms with van der Waals surface area (Å²) in [6.07, 6.45) is 34.3. The van der Waals surface area contributed by atoms with Crippen molar-refractivity contribution in [2.75, 3.05) is 41.3 Å². The normalized spacial score (nSPS) is 12.3. The van der Waals surface area contributed by atoms with E-state index in [1.807, 2.05) is 0 Å². The molecule has 0 unspecified atom stereocenters. The first-order valence-electron chi connectivity index (χ1n) is 19.0. The third-order valence-corrected chi connectivity index (χ3v) is 9.55. The summed E-state index contributed by atoms with van der Waals surface area (Å²) < 4.78 is 2.22. The van der Waals surface area contributed by atoms with E-state index >= 15 is 0 Å². The van der Waals surface area contributed by atoms with E-state index in [2.05, 4.69) is 66.3 Å². The molecule has 1 rings (SSSR count). The van der Waals surface area contributed by atoms with E-state index in [4.69, 9.17) is 0 Å². The SMILES string of the molecule is CCCCCCCCCCCCCC[N+](C)(C)Cc1ccccc1C[N+](C)(C)CCCCCCCCCCCCCC. The van der Waals surface area contributed by atoms with Gasteiger partial charge in [-0.25, -0.2) is 0 Å². The predicted molar refractivity (Wildman–Crippen MR) is 190 cm³/mol. The van der Waals surface area contributed by atoms with Gasteiger partial charge in [0.25, 0.3) is 0 Å². The van der Waals surface area contributed by atoms with Crippen molar-refractivity contribution >= 4 is 0 Å². The molecule has 42 heavy (non-hydrogen) atoms. The summed E-state index contributed by atoms with van der Waals surface area (Å²) in [4.78, 5) is 0. The van der Waals surface area contributed by atoms with Gasteiger partial charge in [0.1, 0.15) is 13.1 Å². The lowest BCUT2D eigenvalue weighted by atomic mass is 10.0. The highest BCUT2D eigenvalue weighted by Gasteiger charge is 2.22. The van der Waals surface area contributed by atoms with Gasteiger partial charge >= 0.3 is 0 Å². The van der Waals surface area contributed by atoms with E-state index in [9.17, 15) is 0 Å². The zero-order valence-electron chi connectivity index (χ0n) is 30.0. The Kier molecular flexibility index (Phi) is 23.7. The quantitative estimate of drug-likeness (QED) is 0.0621. The second-order valence-corrected chi connectivity index (χ2v) is 15.2. The van der Waals surface area contributed by atoms with Crippen LogP contribution in [0.5, 0.6) is 0 Å². The van der Waals surface area contributed by atoms with Crippen LogP contribution in [0.1, 0.15) is 179 Å². The van der Waals surface area contributed by atoms with Gasteiger partial charge in [0.05, 0.1) is 41.3 Å². The first kappa shape index (κ1) is 39.2. The zero-order chi connectivity index (χ0) is 30.8. The fraction of sp³-hybridized carbons (Fsp3) is 0.850. The van der Waals surface area contributed by atoms with Crippen LogP contribution in [0.3, 0.4) is 0 Å². The van der Waals surface area contributed by atoms with Gasteiger partial charge in [-0.1, -0.05) is 167 Å². The van der Waals surface area contributed by atoms with Gasteiger partial charge in [0.2, 0.25) is 0 Å². The Morgan fingerprint density at radius 3 is 0.857 bits per heavy atom. The molecule has 0 fully saturated rings. The predicted octanol–water partition coefficient (Wildman–Crippen LogP) is 12.2. The number of benzene rings is 1. The molecule has 0 aliphatic heterocycles. The maximum atomic E-state index is 2.45. The molecule has 0 radical (unpaired) electrons. The van der Waals surface area contributed by atoms with Crippen molar-refractivity contribution in [1.29, 1.82) is 0 Å². The Bertz CT molecular complexity index is 661. The maximum absolute atomic E-state index is 2.45. The Balaban J connectivity index is 2.22. The van der Waals surface area contributed by atoms with E-state index in [0.717, 1.165) is 22.1 Å². The van der Waals surface area contributed by atoms with E-state index in [1.54, 1.807) is 11.1 Å². The van der Waals surface area contributed by atoms with Crippen molar-refractivity contribution in [2.45, 2.75) is 181 Å². The largest absolute Gasteiger partial charge is 0.325 e. The van der Waals surface area contributed by atoms with Crippen molar-refractivity contribution in [1.82, 2.24) is 0 Å². The minimum atomic E-state index is 1.11. The van der Waals surface area contributed by atoms with Crippen molar-refractivity contribution in [3.63, 3.8) is 0 Å². The molecule has 0 bridgehead atoms. The van der Waals surface area contributed by atoms with E-state index in [1.165, 1.54) is 167 Å². The number of hydrogen-bond donors (Lipinski definition) is 0. The molecule has 1 aromatic carbocycles. The Labute approximate surface area is 266 Å². The van der Waals surface area contributed by atoms with Crippen LogP contribution < -0.4 is 0 Å². The number of hydrogen-bond acceptors (Lipinski definition) is 0. The number of nitrogens with zero attached hydrogens (tertiary/aromatic N) is 2. The van der Waals surface area contributed by atoms with Crippen LogP contribution in [-0.4, -0.2) is 50.2 Å². The molecule has 2 heteroatoms. The van der Waals surface area contributed by atoms with Crippen LogP contribution in [-0.2, 0) is 13.1 Å². The van der Waals surface area contributed by atoms with Crippen molar-refractivity contribution < 1.29 is 8.97 Å². The smallest absolute Gasteiger partial charge is 0.104 e. The third-order valence-electron chi connectivity index (χ3n) is 9.55. The molecular formula is C40H78N2+2. The molecule has 2 nitrogen and oxygen atoms in total. The fourth-order valence-electron chi connectivity index (χ4n) is 6.71. The molecule has 0 saturated carbocycles. The molecule has 246 valence electrons. The van der Waals surface area contributed by atoms with Crippen molar-refractivity contribution in [3.05, 3.63) is 35.4 Å².